The molecule has 0 saturated heterocycles. The topological polar surface area (TPSA) is 59.5 Å². The second-order valence-electron chi connectivity index (χ2n) is 5.05. The van der Waals surface area contributed by atoms with Gasteiger partial charge in [-0.25, -0.2) is 9.50 Å². The van der Waals surface area contributed by atoms with Gasteiger partial charge in [-0.05, 0) is 18.9 Å². The van der Waals surface area contributed by atoms with Crippen molar-refractivity contribution in [1.29, 1.82) is 0 Å². The molecule has 1 fully saturated rings. The van der Waals surface area contributed by atoms with Crippen LogP contribution in [0.1, 0.15) is 25.7 Å². The normalized spacial score (nSPS) is 24.3. The van der Waals surface area contributed by atoms with Gasteiger partial charge in [-0.15, -0.1) is 0 Å². The van der Waals surface area contributed by atoms with Crippen LogP contribution in [-0.2, 0) is 0 Å². The first kappa shape index (κ1) is 11.5. The molecule has 0 aliphatic heterocycles. The molecule has 0 bridgehead atoms. The van der Waals surface area contributed by atoms with Gasteiger partial charge in [0.2, 0.25) is 0 Å². The van der Waals surface area contributed by atoms with E-state index in [9.17, 15) is 0 Å². The molecule has 0 aromatic carbocycles. The lowest BCUT2D eigenvalue weighted by atomic mass is 9.90. The fraction of sp³-hybridized carbons (Fsp3) is 0.538. The molecular formula is C13H19N5. The highest BCUT2D eigenvalue weighted by molar-refractivity contribution is 5.47. The molecule has 3 rings (SSSR count). The first-order valence-electron chi connectivity index (χ1n) is 6.54. The molecule has 96 valence electrons. The SMILES string of the molecule is CN(c1ccn2nccc2n1)C1CCCCC1N. The Kier molecular flexibility index (Phi) is 2.91. The van der Waals surface area contributed by atoms with Crippen LogP contribution >= 0.6 is 0 Å². The Labute approximate surface area is 107 Å². The van der Waals surface area contributed by atoms with Crippen molar-refractivity contribution in [2.45, 2.75) is 37.8 Å². The molecule has 2 unspecified atom stereocenters. The maximum Gasteiger partial charge on any atom is 0.157 e. The molecule has 2 heterocycles. The Morgan fingerprint density at radius 1 is 1.33 bits per heavy atom. The number of nitrogens with two attached hydrogens (primary N) is 1. The van der Waals surface area contributed by atoms with Crippen molar-refractivity contribution < 1.29 is 0 Å². The third-order valence-corrected chi connectivity index (χ3v) is 3.88. The Hall–Kier alpha value is -1.62. The molecule has 2 aromatic heterocycles. The fourth-order valence-corrected chi connectivity index (χ4v) is 2.79. The molecule has 18 heavy (non-hydrogen) atoms. The van der Waals surface area contributed by atoms with E-state index in [1.807, 2.05) is 18.3 Å². The van der Waals surface area contributed by atoms with Gasteiger partial charge in [0.25, 0.3) is 0 Å². The van der Waals surface area contributed by atoms with Crippen LogP contribution in [0.4, 0.5) is 5.82 Å². The highest BCUT2D eigenvalue weighted by Crippen LogP contribution is 2.24. The van der Waals surface area contributed by atoms with Crippen molar-refractivity contribution in [3.05, 3.63) is 24.5 Å². The average Bonchev–Trinajstić information content (AvgIpc) is 2.85. The summed E-state index contributed by atoms with van der Waals surface area (Å²) in [6.45, 7) is 0. The summed E-state index contributed by atoms with van der Waals surface area (Å²) in [7, 11) is 2.09. The molecule has 0 radical (unpaired) electrons. The molecule has 5 nitrogen and oxygen atoms in total. The summed E-state index contributed by atoms with van der Waals surface area (Å²) in [5.41, 5.74) is 7.10. The Bertz CT molecular complexity index is 535. The van der Waals surface area contributed by atoms with Gasteiger partial charge in [0.05, 0.1) is 6.20 Å². The van der Waals surface area contributed by atoms with Gasteiger partial charge in [0.15, 0.2) is 5.65 Å². The second-order valence-corrected chi connectivity index (χ2v) is 5.05. The number of nitrogens with zero attached hydrogens (tertiary/aromatic N) is 4. The van der Waals surface area contributed by atoms with E-state index in [2.05, 4.69) is 22.0 Å². The van der Waals surface area contributed by atoms with Crippen LogP contribution in [0.25, 0.3) is 5.65 Å². The van der Waals surface area contributed by atoms with E-state index >= 15 is 0 Å². The third kappa shape index (κ3) is 1.95. The molecule has 1 aliphatic rings. The Morgan fingerprint density at radius 3 is 3.00 bits per heavy atom. The first-order chi connectivity index (χ1) is 8.75. The molecule has 1 saturated carbocycles. The Balaban J connectivity index is 1.87. The summed E-state index contributed by atoms with van der Waals surface area (Å²) in [5, 5.41) is 4.16. The number of fused-ring (bicyclic) bond motifs is 1. The number of aromatic nitrogens is 3. The summed E-state index contributed by atoms with van der Waals surface area (Å²) < 4.78 is 1.78. The maximum absolute atomic E-state index is 6.22. The molecule has 0 spiro atoms. The molecule has 2 atom stereocenters. The molecule has 1 aliphatic carbocycles. The number of likely N-dealkylation sites (N-methyl/N-ethyl adjacent to an activating group) is 1. The quantitative estimate of drug-likeness (QED) is 0.869. The standard InChI is InChI=1S/C13H19N5/c1-17(11-5-3-2-4-10(11)14)12-7-9-18-13(16-12)6-8-15-18/h6-11H,2-5,14H2,1H3. The number of rotatable bonds is 2. The predicted molar refractivity (Wildman–Crippen MR) is 71.6 cm³/mol. The minimum Gasteiger partial charge on any atom is -0.355 e. The zero-order chi connectivity index (χ0) is 12.5. The lowest BCUT2D eigenvalue weighted by molar-refractivity contribution is 0.372. The van der Waals surface area contributed by atoms with Crippen LogP contribution in [0.5, 0.6) is 0 Å². The summed E-state index contributed by atoms with van der Waals surface area (Å²) >= 11 is 0. The molecule has 2 N–H and O–H groups in total. The largest absolute Gasteiger partial charge is 0.355 e. The van der Waals surface area contributed by atoms with Gasteiger partial charge in [0, 0.05) is 31.4 Å². The average molecular weight is 245 g/mol. The number of hydrogen-bond acceptors (Lipinski definition) is 4. The Morgan fingerprint density at radius 2 is 2.17 bits per heavy atom. The van der Waals surface area contributed by atoms with E-state index in [1.54, 1.807) is 10.7 Å². The lowest BCUT2D eigenvalue weighted by Gasteiger charge is -2.36. The van der Waals surface area contributed by atoms with Crippen molar-refractivity contribution in [2.75, 3.05) is 11.9 Å². The van der Waals surface area contributed by atoms with E-state index in [0.717, 1.165) is 24.3 Å². The van der Waals surface area contributed by atoms with Crippen molar-refractivity contribution in [3.63, 3.8) is 0 Å². The zero-order valence-electron chi connectivity index (χ0n) is 10.7. The van der Waals surface area contributed by atoms with Crippen molar-refractivity contribution in [2.24, 2.45) is 5.73 Å². The first-order valence-corrected chi connectivity index (χ1v) is 6.54. The highest BCUT2D eigenvalue weighted by Gasteiger charge is 2.26. The summed E-state index contributed by atoms with van der Waals surface area (Å²) in [6, 6.07) is 4.57. The monoisotopic (exact) mass is 245 g/mol. The van der Waals surface area contributed by atoms with Gasteiger partial charge >= 0.3 is 0 Å². The van der Waals surface area contributed by atoms with Gasteiger partial charge in [-0.1, -0.05) is 12.8 Å². The van der Waals surface area contributed by atoms with Crippen LogP contribution in [0, 0.1) is 0 Å². The smallest absolute Gasteiger partial charge is 0.157 e. The van der Waals surface area contributed by atoms with Crippen LogP contribution in [0.3, 0.4) is 0 Å². The summed E-state index contributed by atoms with van der Waals surface area (Å²) in [4.78, 5) is 6.83. The van der Waals surface area contributed by atoms with E-state index in [1.165, 1.54) is 12.8 Å². The molecule has 0 amide bonds. The van der Waals surface area contributed by atoms with Crippen LogP contribution in [0.2, 0.25) is 0 Å². The van der Waals surface area contributed by atoms with Crippen molar-refractivity contribution >= 4 is 11.5 Å². The second kappa shape index (κ2) is 4.57. The summed E-state index contributed by atoms with van der Waals surface area (Å²) in [5.74, 6) is 0.977. The maximum atomic E-state index is 6.22. The van der Waals surface area contributed by atoms with E-state index in [0.29, 0.717) is 6.04 Å². The van der Waals surface area contributed by atoms with Crippen LogP contribution in [0.15, 0.2) is 24.5 Å². The number of hydrogen-bond donors (Lipinski definition) is 1. The van der Waals surface area contributed by atoms with E-state index in [-0.39, 0.29) is 6.04 Å². The summed E-state index contributed by atoms with van der Waals surface area (Å²) in [6.07, 6.45) is 8.49. The van der Waals surface area contributed by atoms with Gasteiger partial charge in [-0.3, -0.25) is 0 Å². The van der Waals surface area contributed by atoms with Crippen molar-refractivity contribution in [1.82, 2.24) is 14.6 Å². The predicted octanol–water partition coefficient (Wildman–Crippen LogP) is 1.44. The third-order valence-electron chi connectivity index (χ3n) is 3.88. The van der Waals surface area contributed by atoms with Crippen LogP contribution < -0.4 is 10.6 Å². The fourth-order valence-electron chi connectivity index (χ4n) is 2.79. The molecule has 5 heteroatoms. The molecular weight excluding hydrogens is 226 g/mol. The minimum atomic E-state index is 0.256. The van der Waals surface area contributed by atoms with Gasteiger partial charge in [-0.2, -0.15) is 5.10 Å². The minimum absolute atomic E-state index is 0.256. The van der Waals surface area contributed by atoms with Crippen molar-refractivity contribution in [3.8, 4) is 0 Å². The van der Waals surface area contributed by atoms with E-state index in [4.69, 9.17) is 5.73 Å². The van der Waals surface area contributed by atoms with Crippen LogP contribution in [-0.4, -0.2) is 33.7 Å². The van der Waals surface area contributed by atoms with E-state index < -0.39 is 0 Å². The lowest BCUT2D eigenvalue weighted by Crippen LogP contribution is -2.48. The van der Waals surface area contributed by atoms with Gasteiger partial charge in [0.1, 0.15) is 5.82 Å². The van der Waals surface area contributed by atoms with Gasteiger partial charge < -0.3 is 10.6 Å². The highest BCUT2D eigenvalue weighted by atomic mass is 15.3. The molecule has 2 aromatic rings. The zero-order valence-corrected chi connectivity index (χ0v) is 10.7. The number of anilines is 1.